The van der Waals surface area contributed by atoms with E-state index in [1.54, 1.807) is 33.0 Å². The molecule has 2 N–H and O–H groups in total. The summed E-state index contributed by atoms with van der Waals surface area (Å²) in [6.07, 6.45) is 1.05. The molecule has 0 fully saturated rings. The van der Waals surface area contributed by atoms with Gasteiger partial charge < -0.3 is 15.2 Å². The van der Waals surface area contributed by atoms with Gasteiger partial charge in [0.05, 0.1) is 0 Å². The van der Waals surface area contributed by atoms with E-state index in [-0.39, 0.29) is 6.42 Å². The Labute approximate surface area is 109 Å². The van der Waals surface area contributed by atoms with E-state index in [1.807, 2.05) is 0 Å². The molecule has 0 aliphatic heterocycles. The van der Waals surface area contributed by atoms with Crippen molar-refractivity contribution in [1.29, 1.82) is 0 Å². The molecule has 6 nitrogen and oxygen atoms in total. The van der Waals surface area contributed by atoms with Crippen molar-refractivity contribution in [2.24, 2.45) is 0 Å². The van der Waals surface area contributed by atoms with Crippen molar-refractivity contribution < 1.29 is 19.4 Å². The van der Waals surface area contributed by atoms with E-state index in [9.17, 15) is 9.59 Å². The highest BCUT2D eigenvalue weighted by Gasteiger charge is 2.24. The van der Waals surface area contributed by atoms with Gasteiger partial charge in [-0.15, -0.1) is 0 Å². The molecule has 100 valence electrons. The summed E-state index contributed by atoms with van der Waals surface area (Å²) in [5.41, 5.74) is -0.655. The van der Waals surface area contributed by atoms with Crippen LogP contribution in [0.2, 0.25) is 0 Å². The second-order valence-electron chi connectivity index (χ2n) is 4.72. The molecule has 7 heteroatoms. The first-order valence-electron chi connectivity index (χ1n) is 5.40. The van der Waals surface area contributed by atoms with Gasteiger partial charge in [-0.05, 0) is 38.4 Å². The van der Waals surface area contributed by atoms with Gasteiger partial charge in [0.2, 0.25) is 0 Å². The molecular formula is C11H16N2O4S. The van der Waals surface area contributed by atoms with Crippen LogP contribution >= 0.6 is 11.5 Å². The number of amides is 1. The Kier molecular flexibility index (Phi) is 4.66. The monoisotopic (exact) mass is 272 g/mol. The Hall–Kier alpha value is -1.63. The van der Waals surface area contributed by atoms with E-state index in [0.717, 1.165) is 4.88 Å². The second-order valence-corrected chi connectivity index (χ2v) is 5.64. The number of nitrogens with one attached hydrogen (secondary N) is 1. The van der Waals surface area contributed by atoms with Crippen LogP contribution in [-0.4, -0.2) is 33.2 Å². The van der Waals surface area contributed by atoms with E-state index < -0.39 is 23.7 Å². The molecule has 1 amide bonds. The molecule has 1 aromatic rings. The van der Waals surface area contributed by atoms with Crippen LogP contribution in [0.5, 0.6) is 0 Å². The van der Waals surface area contributed by atoms with Crippen LogP contribution in [0, 0.1) is 0 Å². The quantitative estimate of drug-likeness (QED) is 0.870. The number of rotatable bonds is 4. The first-order valence-corrected chi connectivity index (χ1v) is 6.17. The van der Waals surface area contributed by atoms with Crippen molar-refractivity contribution >= 4 is 23.6 Å². The van der Waals surface area contributed by atoms with Gasteiger partial charge in [0.25, 0.3) is 0 Å². The molecule has 0 aromatic carbocycles. The largest absolute Gasteiger partial charge is 0.480 e. The maximum Gasteiger partial charge on any atom is 0.408 e. The summed E-state index contributed by atoms with van der Waals surface area (Å²) in [7, 11) is 0. The van der Waals surface area contributed by atoms with Crippen LogP contribution in [0.4, 0.5) is 4.79 Å². The minimum absolute atomic E-state index is 0.194. The number of aromatic nitrogens is 1. The summed E-state index contributed by atoms with van der Waals surface area (Å²) in [6, 6.07) is 0.706. The fraction of sp³-hybridized carbons (Fsp3) is 0.545. The molecule has 0 aliphatic carbocycles. The second kappa shape index (κ2) is 5.81. The van der Waals surface area contributed by atoms with Crippen molar-refractivity contribution in [2.75, 3.05) is 0 Å². The van der Waals surface area contributed by atoms with Crippen LogP contribution in [0.25, 0.3) is 0 Å². The smallest absolute Gasteiger partial charge is 0.408 e. The third kappa shape index (κ3) is 5.13. The van der Waals surface area contributed by atoms with Crippen LogP contribution < -0.4 is 5.32 Å². The van der Waals surface area contributed by atoms with E-state index in [4.69, 9.17) is 9.84 Å². The molecular weight excluding hydrogens is 256 g/mol. The summed E-state index contributed by atoms with van der Waals surface area (Å²) in [4.78, 5) is 23.3. The van der Waals surface area contributed by atoms with E-state index in [2.05, 4.69) is 9.69 Å². The van der Waals surface area contributed by atoms with Gasteiger partial charge >= 0.3 is 12.1 Å². The van der Waals surface area contributed by atoms with Crippen LogP contribution in [0.3, 0.4) is 0 Å². The number of ether oxygens (including phenoxy) is 1. The predicted molar refractivity (Wildman–Crippen MR) is 66.6 cm³/mol. The molecule has 1 rings (SSSR count). The molecule has 1 heterocycles. The highest BCUT2D eigenvalue weighted by Crippen LogP contribution is 2.10. The molecule has 0 unspecified atom stereocenters. The summed E-state index contributed by atoms with van der Waals surface area (Å²) < 4.78 is 8.89. The minimum Gasteiger partial charge on any atom is -0.480 e. The maximum atomic E-state index is 11.5. The lowest BCUT2D eigenvalue weighted by atomic mass is 10.2. The van der Waals surface area contributed by atoms with Crippen molar-refractivity contribution in [3.63, 3.8) is 0 Å². The van der Waals surface area contributed by atoms with Gasteiger partial charge in [-0.1, -0.05) is 0 Å². The number of carbonyl (C=O) groups excluding carboxylic acids is 1. The fourth-order valence-corrected chi connectivity index (χ4v) is 1.82. The predicted octanol–water partition coefficient (Wildman–Crippen LogP) is 1.66. The first-order chi connectivity index (χ1) is 8.28. The highest BCUT2D eigenvalue weighted by atomic mass is 32.1. The Balaban J connectivity index is 2.58. The van der Waals surface area contributed by atoms with Crippen LogP contribution in [-0.2, 0) is 16.0 Å². The lowest BCUT2D eigenvalue weighted by Gasteiger charge is -2.21. The summed E-state index contributed by atoms with van der Waals surface area (Å²) >= 11 is 1.20. The third-order valence-electron chi connectivity index (χ3n) is 1.89. The fourth-order valence-electron chi connectivity index (χ4n) is 1.20. The molecule has 1 atom stereocenters. The number of carboxylic acid groups (broad SMARTS) is 1. The Morgan fingerprint density at radius 1 is 1.56 bits per heavy atom. The molecule has 1 aromatic heterocycles. The Morgan fingerprint density at radius 3 is 2.67 bits per heavy atom. The van der Waals surface area contributed by atoms with Gasteiger partial charge in [0.1, 0.15) is 11.6 Å². The zero-order chi connectivity index (χ0) is 13.8. The zero-order valence-electron chi connectivity index (χ0n) is 10.5. The first kappa shape index (κ1) is 14.4. The molecule has 18 heavy (non-hydrogen) atoms. The molecule has 0 radical (unpaired) electrons. The number of alkyl carbamates (subject to hydrolysis) is 1. The average Bonchev–Trinajstić information content (AvgIpc) is 2.66. The Morgan fingerprint density at radius 2 is 2.22 bits per heavy atom. The molecule has 0 saturated carbocycles. The lowest BCUT2D eigenvalue weighted by Crippen LogP contribution is -2.44. The molecule has 0 spiro atoms. The van der Waals surface area contributed by atoms with Crippen molar-refractivity contribution in [3.8, 4) is 0 Å². The van der Waals surface area contributed by atoms with Crippen molar-refractivity contribution in [2.45, 2.75) is 38.8 Å². The number of nitrogens with zero attached hydrogens (tertiary/aromatic N) is 1. The topological polar surface area (TPSA) is 88.5 Å². The summed E-state index contributed by atoms with van der Waals surface area (Å²) in [5.74, 6) is -1.10. The van der Waals surface area contributed by atoms with E-state index in [0.29, 0.717) is 0 Å². The summed E-state index contributed by atoms with van der Waals surface area (Å²) in [6.45, 7) is 5.14. The van der Waals surface area contributed by atoms with E-state index in [1.165, 1.54) is 11.5 Å². The number of hydrogen-bond donors (Lipinski definition) is 2. The number of carbonyl (C=O) groups is 2. The van der Waals surface area contributed by atoms with E-state index >= 15 is 0 Å². The number of hydrogen-bond acceptors (Lipinski definition) is 5. The van der Waals surface area contributed by atoms with Gasteiger partial charge in [0.15, 0.2) is 0 Å². The highest BCUT2D eigenvalue weighted by molar-refractivity contribution is 7.05. The van der Waals surface area contributed by atoms with Crippen LogP contribution in [0.1, 0.15) is 25.6 Å². The molecule has 0 aliphatic rings. The van der Waals surface area contributed by atoms with Gasteiger partial charge in [-0.3, -0.25) is 0 Å². The summed E-state index contributed by atoms with van der Waals surface area (Å²) in [5, 5.41) is 11.4. The zero-order valence-corrected chi connectivity index (χ0v) is 11.3. The van der Waals surface area contributed by atoms with Crippen molar-refractivity contribution in [1.82, 2.24) is 9.69 Å². The van der Waals surface area contributed by atoms with Crippen molar-refractivity contribution in [3.05, 3.63) is 17.1 Å². The number of aliphatic carboxylic acids is 1. The maximum absolute atomic E-state index is 11.5. The normalized spacial score (nSPS) is 12.8. The molecule has 0 bridgehead atoms. The standard InChI is InChI=1S/C11H16N2O4S/c1-11(2,3)17-10(16)13-8(9(14)15)6-7-4-5-12-18-7/h4-5,8H,6H2,1-3H3,(H,13,16)(H,14,15)/t8-/m1/s1. The Bertz CT molecular complexity index is 411. The number of carboxylic acids is 1. The minimum atomic E-state index is -1.10. The molecule has 0 saturated heterocycles. The lowest BCUT2D eigenvalue weighted by molar-refractivity contribution is -0.139. The van der Waals surface area contributed by atoms with Gasteiger partial charge in [-0.2, -0.15) is 0 Å². The SMILES string of the molecule is CC(C)(C)OC(=O)N[C@H](Cc1ccns1)C(=O)O. The van der Waals surface area contributed by atoms with Crippen LogP contribution in [0.15, 0.2) is 12.3 Å². The van der Waals surface area contributed by atoms with Gasteiger partial charge in [0, 0.05) is 17.5 Å². The average molecular weight is 272 g/mol. The third-order valence-corrected chi connectivity index (χ3v) is 2.65. The van der Waals surface area contributed by atoms with Gasteiger partial charge in [-0.25, -0.2) is 14.0 Å².